The van der Waals surface area contributed by atoms with Crippen molar-refractivity contribution in [1.82, 2.24) is 0 Å². The van der Waals surface area contributed by atoms with Crippen LogP contribution in [-0.4, -0.2) is 22.9 Å². The second-order valence-corrected chi connectivity index (χ2v) is 26.9. The van der Waals surface area contributed by atoms with Gasteiger partial charge >= 0.3 is 0 Å². The zero-order chi connectivity index (χ0) is 48.1. The van der Waals surface area contributed by atoms with E-state index in [0.29, 0.717) is 0 Å². The highest BCUT2D eigenvalue weighted by molar-refractivity contribution is 7.22. The predicted octanol–water partition coefficient (Wildman–Crippen LogP) is 8.74. The smallest absolute Gasteiger partial charge is 0.260 e. The lowest BCUT2D eigenvalue weighted by atomic mass is 9.34. The van der Waals surface area contributed by atoms with Gasteiger partial charge in [0.15, 0.2) is 16.1 Å². The number of hydrogen-bond donors (Lipinski definition) is 0. The zero-order valence-electron chi connectivity index (χ0n) is 39.8. The molecule has 4 aliphatic heterocycles. The highest BCUT2D eigenvalue weighted by Crippen LogP contribution is 2.48. The third kappa shape index (κ3) is 5.83. The Kier molecular flexibility index (Phi) is 9.36. The van der Waals surface area contributed by atoms with E-state index in [1.54, 1.807) is 0 Å². The van der Waals surface area contributed by atoms with Crippen LogP contribution in [0.2, 0.25) is 0 Å². The molecule has 0 spiro atoms. The molecular weight excluding hydrogens is 920 g/mol. The van der Waals surface area contributed by atoms with E-state index in [2.05, 4.69) is 283 Å². The van der Waals surface area contributed by atoms with Crippen LogP contribution < -0.4 is 77.2 Å². The maximum atomic E-state index is 7.31. The minimum absolute atomic E-state index is 0.173. The van der Waals surface area contributed by atoms with Crippen molar-refractivity contribution in [2.45, 2.75) is 0 Å². The molecule has 0 N–H and O–H groups in total. The number of hydrogen-bond acceptors (Lipinski definition) is 4. The third-order valence-corrected chi connectivity index (χ3v) is 25.6. The summed E-state index contributed by atoms with van der Waals surface area (Å²) in [6, 6.07) is 101. The van der Waals surface area contributed by atoms with E-state index in [-0.39, 0.29) is 6.71 Å². The van der Waals surface area contributed by atoms with Gasteiger partial charge < -0.3 is 19.3 Å². The van der Waals surface area contributed by atoms with Crippen molar-refractivity contribution >= 4 is 115 Å². The molecule has 0 amide bonds. The molecule has 0 saturated heterocycles. The summed E-state index contributed by atoms with van der Waals surface area (Å²) in [6.07, 6.45) is 0. The summed E-state index contributed by atoms with van der Waals surface area (Å²) in [5.41, 5.74) is 9.93. The van der Waals surface area contributed by atoms with E-state index >= 15 is 0 Å². The molecule has 15 rings (SSSR count). The fourth-order valence-corrected chi connectivity index (χ4v) is 23.3. The van der Waals surface area contributed by atoms with Gasteiger partial charge in [-0.15, -0.1) is 0 Å². The summed E-state index contributed by atoms with van der Waals surface area (Å²) in [6.45, 7) is -0.173. The standard InChI is InChI=1S/C66H45BN2O2Si2/c1-5-24-46(25-6-1)72(47-26-7-2-8-27-47)60-42-17-13-34-52(60)68(53-35-14-18-43-61(53)72)56-38-21-32-50-65(56)70-58-40-23-41-59-64(58)67(50)51-33-22-39-57(66(51)71-59)69-54-36-15-19-44-62(54)73(48-28-9-3-10-29-48,49-30-11-4-12-31-49)63-45-20-16-37-55(63)69/h1-45H. The largest absolute Gasteiger partial charge is 0.456 e. The Hall–Kier alpha value is -8.88. The average molecular weight is 965 g/mol. The van der Waals surface area contributed by atoms with Crippen molar-refractivity contribution in [3.05, 3.63) is 273 Å². The number of nitrogens with zero attached hydrogens (tertiary/aromatic N) is 2. The third-order valence-electron chi connectivity index (χ3n) is 15.9. The number of ether oxygens (including phenoxy) is 2. The Labute approximate surface area is 427 Å². The molecule has 0 radical (unpaired) electrons. The minimum Gasteiger partial charge on any atom is -0.456 e. The van der Waals surface area contributed by atoms with E-state index in [1.165, 1.54) is 64.2 Å². The normalized spacial score (nSPS) is 14.7. The molecule has 0 aromatic heterocycles. The molecule has 0 saturated carbocycles. The summed E-state index contributed by atoms with van der Waals surface area (Å²) in [5, 5.41) is 10.8. The van der Waals surface area contributed by atoms with Gasteiger partial charge in [-0.1, -0.05) is 224 Å². The molecule has 0 fully saturated rings. The summed E-state index contributed by atoms with van der Waals surface area (Å²) in [4.78, 5) is 4.95. The molecule has 0 unspecified atom stereocenters. The Morgan fingerprint density at radius 3 is 0.863 bits per heavy atom. The molecule has 0 bridgehead atoms. The first-order valence-corrected chi connectivity index (χ1v) is 29.2. The van der Waals surface area contributed by atoms with Gasteiger partial charge in [0, 0.05) is 28.2 Å². The molecule has 0 atom stereocenters. The van der Waals surface area contributed by atoms with Crippen LogP contribution in [-0.2, 0) is 0 Å². The van der Waals surface area contributed by atoms with Gasteiger partial charge in [0.2, 0.25) is 0 Å². The lowest BCUT2D eigenvalue weighted by molar-refractivity contribution is 0.465. The van der Waals surface area contributed by atoms with Crippen LogP contribution in [0.25, 0.3) is 0 Å². The number of para-hydroxylation sites is 6. The van der Waals surface area contributed by atoms with Crippen molar-refractivity contribution in [1.29, 1.82) is 0 Å². The number of benzene rings is 11. The molecule has 4 aliphatic rings. The fraction of sp³-hybridized carbons (Fsp3) is 0. The monoisotopic (exact) mass is 964 g/mol. The lowest BCUT2D eigenvalue weighted by Crippen LogP contribution is -2.77. The summed E-state index contributed by atoms with van der Waals surface area (Å²) < 4.78 is 14.6. The number of fused-ring (bicyclic) bond motifs is 8. The first-order valence-electron chi connectivity index (χ1n) is 25.2. The van der Waals surface area contributed by atoms with Crippen LogP contribution in [0.1, 0.15) is 0 Å². The molecule has 4 nitrogen and oxygen atoms in total. The van der Waals surface area contributed by atoms with Gasteiger partial charge in [0.25, 0.3) is 6.71 Å². The minimum atomic E-state index is -2.83. The molecule has 11 aromatic rings. The summed E-state index contributed by atoms with van der Waals surface area (Å²) in [5.74, 6) is 3.32. The van der Waals surface area contributed by atoms with Gasteiger partial charge in [-0.3, -0.25) is 0 Å². The Morgan fingerprint density at radius 2 is 0.534 bits per heavy atom. The fourth-order valence-electron chi connectivity index (χ4n) is 13.1. The second-order valence-electron chi connectivity index (χ2n) is 19.4. The maximum absolute atomic E-state index is 7.31. The van der Waals surface area contributed by atoms with Crippen molar-refractivity contribution in [2.75, 3.05) is 9.80 Å². The van der Waals surface area contributed by atoms with E-state index in [4.69, 9.17) is 9.47 Å². The highest BCUT2D eigenvalue weighted by atomic mass is 28.3. The summed E-state index contributed by atoms with van der Waals surface area (Å²) >= 11 is 0. The van der Waals surface area contributed by atoms with Gasteiger partial charge in [0.05, 0.1) is 11.4 Å². The Morgan fingerprint density at radius 1 is 0.260 bits per heavy atom. The van der Waals surface area contributed by atoms with E-state index in [0.717, 1.165) is 50.8 Å². The predicted molar refractivity (Wildman–Crippen MR) is 308 cm³/mol. The van der Waals surface area contributed by atoms with E-state index in [9.17, 15) is 0 Å². The Balaban J connectivity index is 0.937. The molecule has 73 heavy (non-hydrogen) atoms. The van der Waals surface area contributed by atoms with Crippen molar-refractivity contribution in [3.63, 3.8) is 0 Å². The molecule has 7 heteroatoms. The average Bonchev–Trinajstić information content (AvgIpc) is 3.47. The molecule has 4 heterocycles. The first-order chi connectivity index (χ1) is 36.3. The van der Waals surface area contributed by atoms with Crippen LogP contribution in [0.3, 0.4) is 0 Å². The van der Waals surface area contributed by atoms with Crippen molar-refractivity contribution in [3.8, 4) is 23.0 Å². The van der Waals surface area contributed by atoms with Crippen molar-refractivity contribution < 1.29 is 9.47 Å². The molecule has 0 aliphatic carbocycles. The number of anilines is 6. The van der Waals surface area contributed by atoms with Crippen LogP contribution in [0.4, 0.5) is 34.1 Å². The van der Waals surface area contributed by atoms with E-state index in [1.807, 2.05) is 0 Å². The Bertz CT molecular complexity index is 3540. The van der Waals surface area contributed by atoms with Gasteiger partial charge in [-0.2, -0.15) is 0 Å². The molecular formula is C66H45BN2O2Si2. The van der Waals surface area contributed by atoms with Crippen LogP contribution >= 0.6 is 0 Å². The van der Waals surface area contributed by atoms with Crippen LogP contribution in [0, 0.1) is 0 Å². The first kappa shape index (κ1) is 41.9. The quantitative estimate of drug-likeness (QED) is 0.156. The SMILES string of the molecule is c1ccc([Si]2(c3ccccc3)c3ccccc3N(c3cccc4c3Oc3cccc5c3B4c3cccc(N4c6ccccc6[Si](c6ccccc6)(c6ccccc6)c6ccccc64)c3O5)c3ccccc32)cc1. The van der Waals surface area contributed by atoms with E-state index < -0.39 is 16.1 Å². The van der Waals surface area contributed by atoms with Gasteiger partial charge in [-0.05, 0) is 101 Å². The van der Waals surface area contributed by atoms with Crippen molar-refractivity contribution in [2.24, 2.45) is 0 Å². The molecule has 11 aromatic carbocycles. The summed E-state index contributed by atoms with van der Waals surface area (Å²) in [7, 11) is -5.67. The lowest BCUT2D eigenvalue weighted by Gasteiger charge is -2.46. The van der Waals surface area contributed by atoms with Crippen LogP contribution in [0.5, 0.6) is 23.0 Å². The topological polar surface area (TPSA) is 24.9 Å². The van der Waals surface area contributed by atoms with Gasteiger partial charge in [-0.25, -0.2) is 0 Å². The second kappa shape index (κ2) is 16.3. The highest BCUT2D eigenvalue weighted by Gasteiger charge is 2.52. The maximum Gasteiger partial charge on any atom is 0.260 e. The van der Waals surface area contributed by atoms with Gasteiger partial charge in [0.1, 0.15) is 23.0 Å². The zero-order valence-corrected chi connectivity index (χ0v) is 41.8. The number of rotatable bonds is 6. The molecule has 342 valence electrons. The van der Waals surface area contributed by atoms with Crippen LogP contribution in [0.15, 0.2) is 273 Å².